The van der Waals surface area contributed by atoms with Gasteiger partial charge in [0.25, 0.3) is 0 Å². The van der Waals surface area contributed by atoms with E-state index >= 15 is 0 Å². The number of aryl methyl sites for hydroxylation is 1. The highest BCUT2D eigenvalue weighted by Crippen LogP contribution is 2.05. The van der Waals surface area contributed by atoms with Gasteiger partial charge >= 0.3 is 11.2 Å². The molecule has 1 aromatic rings. The molecule has 1 aromatic heterocycles. The van der Waals surface area contributed by atoms with Crippen molar-refractivity contribution in [1.82, 2.24) is 9.88 Å². The molecular weight excluding hydrogens is 250 g/mol. The molecule has 1 heterocycles. The molecule has 1 amide bonds. The summed E-state index contributed by atoms with van der Waals surface area (Å²) < 4.78 is 1.11. The number of pyridine rings is 1. The van der Waals surface area contributed by atoms with Crippen molar-refractivity contribution < 1.29 is 9.72 Å². The largest absolute Gasteiger partial charge is 0.352 e. The second kappa shape index (κ2) is 6.12. The fraction of sp³-hybridized carbons (Fsp3) is 0.500. The number of nitrogens with one attached hydrogen (secondary N) is 1. The molecule has 104 valence electrons. The Morgan fingerprint density at radius 3 is 2.68 bits per heavy atom. The summed E-state index contributed by atoms with van der Waals surface area (Å²) in [5, 5.41) is 13.4. The summed E-state index contributed by atoms with van der Waals surface area (Å²) >= 11 is 0. The Bertz CT molecular complexity index is 550. The van der Waals surface area contributed by atoms with E-state index < -0.39 is 16.2 Å². The fourth-order valence-electron chi connectivity index (χ4n) is 1.56. The Balaban J connectivity index is 3.01. The molecule has 0 saturated carbocycles. The van der Waals surface area contributed by atoms with Crippen LogP contribution in [0.25, 0.3) is 0 Å². The molecule has 7 nitrogen and oxygen atoms in total. The van der Waals surface area contributed by atoms with Crippen molar-refractivity contribution in [2.45, 2.75) is 39.8 Å². The molecule has 0 spiro atoms. The standard InChI is InChI=1S/C12H17N3O4/c1-4-8(2)13-11(16)7-14-9(3)5-6-10(12(14)17)15(18)19/h5-6,8H,4,7H2,1-3H3,(H,13,16)/t8-/m1/s1. The van der Waals surface area contributed by atoms with E-state index in [4.69, 9.17) is 0 Å². The zero-order chi connectivity index (χ0) is 14.6. The van der Waals surface area contributed by atoms with E-state index in [9.17, 15) is 19.7 Å². The zero-order valence-electron chi connectivity index (χ0n) is 11.2. The van der Waals surface area contributed by atoms with Crippen LogP contribution in [0.4, 0.5) is 5.69 Å². The highest BCUT2D eigenvalue weighted by atomic mass is 16.6. The normalized spacial score (nSPS) is 11.9. The summed E-state index contributed by atoms with van der Waals surface area (Å²) in [4.78, 5) is 33.5. The molecule has 1 N–H and O–H groups in total. The number of nitro groups is 1. The van der Waals surface area contributed by atoms with Gasteiger partial charge in [0.2, 0.25) is 5.91 Å². The summed E-state index contributed by atoms with van der Waals surface area (Å²) in [5.41, 5.74) is -0.777. The minimum absolute atomic E-state index is 0.00204. The lowest BCUT2D eigenvalue weighted by Gasteiger charge is -2.13. The molecule has 0 aromatic carbocycles. The Labute approximate surface area is 110 Å². The highest BCUT2D eigenvalue weighted by molar-refractivity contribution is 5.76. The predicted octanol–water partition coefficient (Wildman–Crippen LogP) is 0.980. The van der Waals surface area contributed by atoms with Gasteiger partial charge in [-0.05, 0) is 26.3 Å². The van der Waals surface area contributed by atoms with Crippen molar-refractivity contribution in [2.75, 3.05) is 0 Å². The van der Waals surface area contributed by atoms with Crippen molar-refractivity contribution in [3.8, 4) is 0 Å². The van der Waals surface area contributed by atoms with Crippen LogP contribution in [0, 0.1) is 17.0 Å². The molecule has 1 rings (SSSR count). The van der Waals surface area contributed by atoms with Crippen LogP contribution >= 0.6 is 0 Å². The number of carbonyl (C=O) groups is 1. The van der Waals surface area contributed by atoms with Crippen LogP contribution in [0.2, 0.25) is 0 Å². The van der Waals surface area contributed by atoms with Crippen LogP contribution in [0.5, 0.6) is 0 Å². The molecule has 0 aliphatic rings. The van der Waals surface area contributed by atoms with Gasteiger partial charge in [0, 0.05) is 17.8 Å². The quantitative estimate of drug-likeness (QED) is 0.635. The van der Waals surface area contributed by atoms with Crippen LogP contribution in [0.15, 0.2) is 16.9 Å². The van der Waals surface area contributed by atoms with Gasteiger partial charge in [-0.15, -0.1) is 0 Å². The van der Waals surface area contributed by atoms with Gasteiger partial charge in [-0.25, -0.2) is 0 Å². The van der Waals surface area contributed by atoms with E-state index in [1.165, 1.54) is 6.07 Å². The maximum Gasteiger partial charge on any atom is 0.334 e. The molecule has 0 unspecified atom stereocenters. The first-order chi connectivity index (χ1) is 8.86. The van der Waals surface area contributed by atoms with Gasteiger partial charge in [-0.3, -0.25) is 24.3 Å². The molecule has 19 heavy (non-hydrogen) atoms. The van der Waals surface area contributed by atoms with Crippen LogP contribution in [0.1, 0.15) is 26.0 Å². The lowest BCUT2D eigenvalue weighted by molar-refractivity contribution is -0.386. The van der Waals surface area contributed by atoms with E-state index in [2.05, 4.69) is 5.32 Å². The molecule has 0 bridgehead atoms. The minimum atomic E-state index is -0.760. The molecular formula is C12H17N3O4. The third-order valence-corrected chi connectivity index (χ3v) is 2.89. The number of amides is 1. The van der Waals surface area contributed by atoms with Crippen LogP contribution < -0.4 is 10.9 Å². The van der Waals surface area contributed by atoms with Crippen molar-refractivity contribution in [2.24, 2.45) is 0 Å². The lowest BCUT2D eigenvalue weighted by Crippen LogP contribution is -2.38. The first-order valence-electron chi connectivity index (χ1n) is 6.01. The van der Waals surface area contributed by atoms with E-state index in [0.29, 0.717) is 5.69 Å². The van der Waals surface area contributed by atoms with Crippen molar-refractivity contribution in [1.29, 1.82) is 0 Å². The van der Waals surface area contributed by atoms with E-state index in [0.717, 1.165) is 17.1 Å². The average molecular weight is 267 g/mol. The molecule has 0 radical (unpaired) electrons. The summed E-state index contributed by atoms with van der Waals surface area (Å²) in [6.07, 6.45) is 0.772. The average Bonchev–Trinajstić information content (AvgIpc) is 2.33. The van der Waals surface area contributed by atoms with Crippen molar-refractivity contribution in [3.05, 3.63) is 38.3 Å². The minimum Gasteiger partial charge on any atom is -0.352 e. The van der Waals surface area contributed by atoms with Crippen LogP contribution in [0.3, 0.4) is 0 Å². The fourth-order valence-corrected chi connectivity index (χ4v) is 1.56. The molecule has 0 aliphatic carbocycles. The maximum atomic E-state index is 11.9. The molecule has 0 saturated heterocycles. The van der Waals surface area contributed by atoms with E-state index in [-0.39, 0.29) is 18.5 Å². The molecule has 7 heteroatoms. The number of aromatic nitrogens is 1. The Kier molecular flexibility index (Phi) is 4.80. The molecule has 1 atom stereocenters. The lowest BCUT2D eigenvalue weighted by atomic mass is 10.2. The molecule has 0 fully saturated rings. The third kappa shape index (κ3) is 3.64. The zero-order valence-corrected chi connectivity index (χ0v) is 11.2. The molecule has 0 aliphatic heterocycles. The monoisotopic (exact) mass is 267 g/mol. The van der Waals surface area contributed by atoms with Gasteiger partial charge < -0.3 is 5.32 Å². The van der Waals surface area contributed by atoms with Crippen molar-refractivity contribution >= 4 is 11.6 Å². The second-order valence-corrected chi connectivity index (χ2v) is 4.39. The van der Waals surface area contributed by atoms with Gasteiger partial charge in [0.05, 0.1) is 4.92 Å². The Morgan fingerprint density at radius 1 is 1.53 bits per heavy atom. The first kappa shape index (κ1) is 14.9. The Morgan fingerprint density at radius 2 is 2.16 bits per heavy atom. The number of hydrogen-bond donors (Lipinski definition) is 1. The number of rotatable bonds is 5. The van der Waals surface area contributed by atoms with Gasteiger partial charge in [0.15, 0.2) is 0 Å². The SMILES string of the molecule is CC[C@@H](C)NC(=O)Cn1c(C)ccc([N+](=O)[O-])c1=O. The van der Waals surface area contributed by atoms with E-state index in [1.807, 2.05) is 13.8 Å². The number of hydrogen-bond acceptors (Lipinski definition) is 4. The van der Waals surface area contributed by atoms with Gasteiger partial charge in [-0.1, -0.05) is 6.92 Å². The van der Waals surface area contributed by atoms with Gasteiger partial charge in [0.1, 0.15) is 6.54 Å². The highest BCUT2D eigenvalue weighted by Gasteiger charge is 2.17. The van der Waals surface area contributed by atoms with E-state index in [1.54, 1.807) is 6.92 Å². The van der Waals surface area contributed by atoms with Gasteiger partial charge in [-0.2, -0.15) is 0 Å². The summed E-state index contributed by atoms with van der Waals surface area (Å²) in [6.45, 7) is 5.19. The first-order valence-corrected chi connectivity index (χ1v) is 6.01. The number of carbonyl (C=O) groups excluding carboxylic acids is 1. The summed E-state index contributed by atoms with van der Waals surface area (Å²) in [6, 6.07) is 2.61. The third-order valence-electron chi connectivity index (χ3n) is 2.89. The predicted molar refractivity (Wildman–Crippen MR) is 70.0 cm³/mol. The Hall–Kier alpha value is -2.18. The summed E-state index contributed by atoms with van der Waals surface area (Å²) in [5.74, 6) is -0.333. The summed E-state index contributed by atoms with van der Waals surface area (Å²) in [7, 11) is 0. The smallest absolute Gasteiger partial charge is 0.334 e. The second-order valence-electron chi connectivity index (χ2n) is 4.39. The van der Waals surface area contributed by atoms with Crippen molar-refractivity contribution in [3.63, 3.8) is 0 Å². The topological polar surface area (TPSA) is 94.2 Å². The van der Waals surface area contributed by atoms with Crippen LogP contribution in [-0.2, 0) is 11.3 Å². The maximum absolute atomic E-state index is 11.9. The number of nitrogens with zero attached hydrogens (tertiary/aromatic N) is 2. The van der Waals surface area contributed by atoms with Crippen LogP contribution in [-0.4, -0.2) is 21.4 Å².